The summed E-state index contributed by atoms with van der Waals surface area (Å²) in [5.41, 5.74) is 1.61. The molecule has 0 aliphatic rings. The van der Waals surface area contributed by atoms with Crippen molar-refractivity contribution in [3.8, 4) is 6.07 Å². The van der Waals surface area contributed by atoms with Crippen LogP contribution >= 0.6 is 0 Å². The maximum atomic E-state index is 10.7. The van der Waals surface area contributed by atoms with Gasteiger partial charge in [-0.1, -0.05) is 12.1 Å². The van der Waals surface area contributed by atoms with Crippen molar-refractivity contribution in [1.82, 2.24) is 4.90 Å². The van der Waals surface area contributed by atoms with E-state index in [-0.39, 0.29) is 19.6 Å². The first-order chi connectivity index (χ1) is 10.2. The Morgan fingerprint density at radius 1 is 1.24 bits per heavy atom. The Morgan fingerprint density at radius 3 is 2.52 bits per heavy atom. The Bertz CT molecular complexity index is 468. The van der Waals surface area contributed by atoms with Crippen LogP contribution in [-0.4, -0.2) is 54.0 Å². The molecule has 0 heterocycles. The molecule has 0 fully saturated rings. The van der Waals surface area contributed by atoms with Crippen LogP contribution in [0.3, 0.4) is 0 Å². The Labute approximate surface area is 124 Å². The fourth-order valence-electron chi connectivity index (χ4n) is 1.83. The molecule has 1 aromatic rings. The highest BCUT2D eigenvalue weighted by atomic mass is 16.5. The lowest BCUT2D eigenvalue weighted by Crippen LogP contribution is -2.30. The Morgan fingerprint density at radius 2 is 1.95 bits per heavy atom. The van der Waals surface area contributed by atoms with Crippen LogP contribution in [0.25, 0.3) is 0 Å². The molecule has 0 bridgehead atoms. The molecule has 6 nitrogen and oxygen atoms in total. The third-order valence-corrected chi connectivity index (χ3v) is 2.92. The van der Waals surface area contributed by atoms with Crippen molar-refractivity contribution in [1.29, 1.82) is 5.26 Å². The van der Waals surface area contributed by atoms with E-state index >= 15 is 0 Å². The first-order valence-electron chi connectivity index (χ1n) is 6.77. The predicted molar refractivity (Wildman–Crippen MR) is 76.6 cm³/mol. The van der Waals surface area contributed by atoms with Crippen LogP contribution < -0.4 is 0 Å². The Hall–Kier alpha value is -1.94. The smallest absolute Gasteiger partial charge is 0.304 e. The average molecular weight is 292 g/mol. The van der Waals surface area contributed by atoms with Gasteiger partial charge in [-0.2, -0.15) is 5.26 Å². The van der Waals surface area contributed by atoms with Crippen molar-refractivity contribution >= 4 is 5.97 Å². The third kappa shape index (κ3) is 7.42. The van der Waals surface area contributed by atoms with Crippen LogP contribution in [-0.2, 0) is 16.1 Å². The van der Waals surface area contributed by atoms with Crippen LogP contribution in [0.1, 0.15) is 17.5 Å². The van der Waals surface area contributed by atoms with Crippen molar-refractivity contribution in [2.75, 3.05) is 32.9 Å². The van der Waals surface area contributed by atoms with E-state index in [2.05, 4.69) is 6.07 Å². The minimum atomic E-state index is -0.837. The molecule has 0 unspecified atom stereocenters. The van der Waals surface area contributed by atoms with Gasteiger partial charge in [0.2, 0.25) is 0 Å². The van der Waals surface area contributed by atoms with Gasteiger partial charge >= 0.3 is 5.97 Å². The molecule has 0 saturated carbocycles. The van der Waals surface area contributed by atoms with Gasteiger partial charge in [0, 0.05) is 19.6 Å². The number of nitriles is 1. The summed E-state index contributed by atoms with van der Waals surface area (Å²) in [6.07, 6.45) is 0.0658. The fourth-order valence-corrected chi connectivity index (χ4v) is 1.83. The maximum Gasteiger partial charge on any atom is 0.304 e. The lowest BCUT2D eigenvalue weighted by atomic mass is 10.1. The molecule has 0 radical (unpaired) electrons. The number of hydrogen-bond donors (Lipinski definition) is 2. The minimum absolute atomic E-state index is 0.0231. The Kier molecular flexibility index (Phi) is 8.05. The van der Waals surface area contributed by atoms with Gasteiger partial charge in [-0.15, -0.1) is 0 Å². The minimum Gasteiger partial charge on any atom is -0.481 e. The molecule has 0 aliphatic heterocycles. The van der Waals surface area contributed by atoms with Crippen molar-refractivity contribution in [3.05, 3.63) is 35.4 Å². The van der Waals surface area contributed by atoms with Gasteiger partial charge in [0.1, 0.15) is 0 Å². The average Bonchev–Trinajstić information content (AvgIpc) is 2.49. The molecule has 0 aromatic heterocycles. The summed E-state index contributed by atoms with van der Waals surface area (Å²) in [7, 11) is 0. The summed E-state index contributed by atoms with van der Waals surface area (Å²) in [4.78, 5) is 12.7. The molecule has 2 N–H and O–H groups in total. The number of carboxylic acid groups (broad SMARTS) is 1. The lowest BCUT2D eigenvalue weighted by Gasteiger charge is -2.21. The van der Waals surface area contributed by atoms with Gasteiger partial charge in [-0.05, 0) is 17.7 Å². The number of aliphatic carboxylic acids is 1. The van der Waals surface area contributed by atoms with Gasteiger partial charge in [-0.25, -0.2) is 0 Å². The number of carboxylic acids is 1. The first-order valence-corrected chi connectivity index (χ1v) is 6.77. The summed E-state index contributed by atoms with van der Waals surface area (Å²) < 4.78 is 5.21. The molecular formula is C15H20N2O4. The van der Waals surface area contributed by atoms with E-state index in [9.17, 15) is 4.79 Å². The van der Waals surface area contributed by atoms with Crippen LogP contribution in [0.4, 0.5) is 0 Å². The molecule has 0 spiro atoms. The number of carbonyl (C=O) groups is 1. The van der Waals surface area contributed by atoms with E-state index in [0.29, 0.717) is 31.8 Å². The second-order valence-corrected chi connectivity index (χ2v) is 4.56. The molecule has 21 heavy (non-hydrogen) atoms. The highest BCUT2D eigenvalue weighted by Gasteiger charge is 2.08. The molecule has 6 heteroatoms. The standard InChI is InChI=1S/C15H20N2O4/c16-11-13-1-3-14(4-2-13)12-17(6-5-15(19)20)7-9-21-10-8-18/h1-4,18H,5-10,12H2,(H,19,20). The molecular weight excluding hydrogens is 272 g/mol. The first kappa shape index (κ1) is 17.1. The predicted octanol–water partition coefficient (Wildman–Crippen LogP) is 0.844. The van der Waals surface area contributed by atoms with E-state index in [1.54, 1.807) is 12.1 Å². The zero-order valence-corrected chi connectivity index (χ0v) is 11.9. The molecule has 0 atom stereocenters. The van der Waals surface area contributed by atoms with E-state index in [0.717, 1.165) is 5.56 Å². The van der Waals surface area contributed by atoms with Crippen molar-refractivity contribution in [3.63, 3.8) is 0 Å². The molecule has 1 aromatic carbocycles. The quantitative estimate of drug-likeness (QED) is 0.621. The summed E-state index contributed by atoms with van der Waals surface area (Å²) in [5, 5.41) is 26.2. The van der Waals surface area contributed by atoms with Gasteiger partial charge in [-0.3, -0.25) is 9.69 Å². The topological polar surface area (TPSA) is 93.8 Å². The zero-order chi connectivity index (χ0) is 15.5. The largest absolute Gasteiger partial charge is 0.481 e. The Balaban J connectivity index is 2.53. The normalized spacial score (nSPS) is 10.5. The van der Waals surface area contributed by atoms with Crippen LogP contribution in [0.15, 0.2) is 24.3 Å². The van der Waals surface area contributed by atoms with Crippen molar-refractivity contribution < 1.29 is 19.7 Å². The van der Waals surface area contributed by atoms with Crippen molar-refractivity contribution in [2.24, 2.45) is 0 Å². The highest BCUT2D eigenvalue weighted by molar-refractivity contribution is 5.66. The summed E-state index contributed by atoms with van der Waals surface area (Å²) in [6, 6.07) is 9.27. The summed E-state index contributed by atoms with van der Waals surface area (Å²) in [5.74, 6) is -0.837. The van der Waals surface area contributed by atoms with Gasteiger partial charge < -0.3 is 14.9 Å². The number of hydrogen-bond acceptors (Lipinski definition) is 5. The fraction of sp³-hybridized carbons (Fsp3) is 0.467. The number of rotatable bonds is 10. The van der Waals surface area contributed by atoms with Crippen LogP contribution in [0.2, 0.25) is 0 Å². The summed E-state index contributed by atoms with van der Waals surface area (Å²) >= 11 is 0. The van der Waals surface area contributed by atoms with Crippen LogP contribution in [0, 0.1) is 11.3 Å². The second kappa shape index (κ2) is 9.88. The molecule has 114 valence electrons. The molecule has 0 saturated heterocycles. The van der Waals surface area contributed by atoms with E-state index in [1.807, 2.05) is 17.0 Å². The van der Waals surface area contributed by atoms with Gasteiger partial charge in [0.25, 0.3) is 0 Å². The highest BCUT2D eigenvalue weighted by Crippen LogP contribution is 2.07. The van der Waals surface area contributed by atoms with E-state index < -0.39 is 5.97 Å². The maximum absolute atomic E-state index is 10.7. The lowest BCUT2D eigenvalue weighted by molar-refractivity contribution is -0.137. The number of benzene rings is 1. The SMILES string of the molecule is N#Cc1ccc(CN(CCOCCO)CCC(=O)O)cc1. The van der Waals surface area contributed by atoms with E-state index in [1.165, 1.54) is 0 Å². The number of aliphatic hydroxyl groups excluding tert-OH is 1. The van der Waals surface area contributed by atoms with Crippen LogP contribution in [0.5, 0.6) is 0 Å². The number of ether oxygens (including phenoxy) is 1. The van der Waals surface area contributed by atoms with E-state index in [4.69, 9.17) is 20.2 Å². The molecule has 1 rings (SSSR count). The molecule has 0 aliphatic carbocycles. The molecule has 0 amide bonds. The summed E-state index contributed by atoms with van der Waals surface area (Å²) in [6.45, 7) is 2.32. The van der Waals surface area contributed by atoms with Gasteiger partial charge in [0.05, 0.1) is 37.9 Å². The second-order valence-electron chi connectivity index (χ2n) is 4.56. The van der Waals surface area contributed by atoms with Crippen molar-refractivity contribution in [2.45, 2.75) is 13.0 Å². The third-order valence-electron chi connectivity index (χ3n) is 2.92. The number of nitrogens with zero attached hydrogens (tertiary/aromatic N) is 2. The number of aliphatic hydroxyl groups is 1. The zero-order valence-electron chi connectivity index (χ0n) is 11.9. The monoisotopic (exact) mass is 292 g/mol. The van der Waals surface area contributed by atoms with Gasteiger partial charge in [0.15, 0.2) is 0 Å².